The highest BCUT2D eigenvalue weighted by Crippen LogP contribution is 2.16. The zero-order valence-electron chi connectivity index (χ0n) is 38.8. The van der Waals surface area contributed by atoms with Gasteiger partial charge in [0.05, 0.1) is 0 Å². The average molecular weight is 787 g/mol. The molecule has 0 atom stereocenters. The Hall–Kier alpha value is -3.26. The van der Waals surface area contributed by atoms with Crippen LogP contribution >= 0.6 is 0 Å². The Morgan fingerprint density at radius 3 is 1.23 bits per heavy atom. The molecule has 0 saturated heterocycles. The molecule has 2 heteroatoms. The SMILES string of the molecule is C/C=C\CC.C=CC.CCC/C=C/C/C=C/CCCC.CCCCCC/C=C/CCCCCCCCc1cccc(O)c1.CCCCCCCc1cccc(O)c1. The van der Waals surface area contributed by atoms with Crippen LogP contribution in [0.5, 0.6) is 11.5 Å². The van der Waals surface area contributed by atoms with E-state index in [2.05, 4.69) is 102 Å². The summed E-state index contributed by atoms with van der Waals surface area (Å²) < 4.78 is 0. The third-order valence-corrected chi connectivity index (χ3v) is 9.12. The summed E-state index contributed by atoms with van der Waals surface area (Å²) in [6.07, 6.45) is 53.1. The Balaban J connectivity index is -0.000000735. The molecule has 0 amide bonds. The monoisotopic (exact) mass is 787 g/mol. The zero-order chi connectivity index (χ0) is 42.7. The molecule has 0 aliphatic rings. The van der Waals surface area contributed by atoms with Crippen molar-refractivity contribution < 1.29 is 10.2 Å². The number of hydrogen-bond donors (Lipinski definition) is 2. The lowest BCUT2D eigenvalue weighted by atomic mass is 10.0. The molecule has 0 radical (unpaired) electrons. The van der Waals surface area contributed by atoms with Gasteiger partial charge < -0.3 is 10.2 Å². The second kappa shape index (κ2) is 52.7. The lowest BCUT2D eigenvalue weighted by Gasteiger charge is -2.03. The molecule has 0 aliphatic carbocycles. The molecular formula is C55H94O2. The third kappa shape index (κ3) is 52.7. The quantitative estimate of drug-likeness (QED) is 0.0666. The van der Waals surface area contributed by atoms with Crippen LogP contribution in [0.3, 0.4) is 0 Å². The van der Waals surface area contributed by atoms with Gasteiger partial charge in [-0.1, -0.05) is 203 Å². The number of hydrogen-bond acceptors (Lipinski definition) is 2. The van der Waals surface area contributed by atoms with Gasteiger partial charge in [-0.3, -0.25) is 0 Å². The fraction of sp³-hybridized carbons (Fsp3) is 0.600. The molecule has 0 heterocycles. The highest BCUT2D eigenvalue weighted by Gasteiger charge is 1.97. The minimum Gasteiger partial charge on any atom is -0.508 e. The lowest BCUT2D eigenvalue weighted by molar-refractivity contribution is 0.473. The van der Waals surface area contributed by atoms with Crippen LogP contribution in [0.4, 0.5) is 0 Å². The lowest BCUT2D eigenvalue weighted by Crippen LogP contribution is -1.86. The molecule has 0 saturated carbocycles. The number of allylic oxidation sites excluding steroid dienone is 9. The van der Waals surface area contributed by atoms with Crippen molar-refractivity contribution in [1.29, 1.82) is 0 Å². The fourth-order valence-electron chi connectivity index (χ4n) is 5.81. The number of unbranched alkanes of at least 4 members (excludes halogenated alkanes) is 17. The van der Waals surface area contributed by atoms with E-state index in [4.69, 9.17) is 0 Å². The van der Waals surface area contributed by atoms with Crippen molar-refractivity contribution in [2.24, 2.45) is 0 Å². The van der Waals surface area contributed by atoms with Crippen LogP contribution in [-0.4, -0.2) is 10.2 Å². The number of aryl methyl sites for hydroxylation is 2. The number of aromatic hydroxyl groups is 2. The maximum absolute atomic E-state index is 9.42. The van der Waals surface area contributed by atoms with Crippen molar-refractivity contribution in [3.8, 4) is 11.5 Å². The molecule has 2 N–H and O–H groups in total. The van der Waals surface area contributed by atoms with E-state index >= 15 is 0 Å². The predicted molar refractivity (Wildman–Crippen MR) is 261 cm³/mol. The van der Waals surface area contributed by atoms with Crippen LogP contribution in [0, 0.1) is 0 Å². The van der Waals surface area contributed by atoms with E-state index in [0.29, 0.717) is 11.5 Å². The fourth-order valence-corrected chi connectivity index (χ4v) is 5.81. The Kier molecular flexibility index (Phi) is 53.7. The van der Waals surface area contributed by atoms with Crippen molar-refractivity contribution >= 4 is 0 Å². The maximum Gasteiger partial charge on any atom is 0.115 e. The topological polar surface area (TPSA) is 40.5 Å². The van der Waals surface area contributed by atoms with Crippen LogP contribution in [0.15, 0.2) is 110 Å². The van der Waals surface area contributed by atoms with Gasteiger partial charge in [0.15, 0.2) is 0 Å². The Labute approximate surface area is 356 Å². The van der Waals surface area contributed by atoms with Crippen LogP contribution in [-0.2, 0) is 12.8 Å². The summed E-state index contributed by atoms with van der Waals surface area (Å²) in [6.45, 7) is 18.3. The molecule has 0 unspecified atom stereocenters. The molecule has 326 valence electrons. The van der Waals surface area contributed by atoms with Gasteiger partial charge in [-0.15, -0.1) is 6.58 Å². The second-order valence-electron chi connectivity index (χ2n) is 15.0. The van der Waals surface area contributed by atoms with Crippen molar-refractivity contribution in [1.82, 2.24) is 0 Å². The number of phenols is 2. The summed E-state index contributed by atoms with van der Waals surface area (Å²) >= 11 is 0. The summed E-state index contributed by atoms with van der Waals surface area (Å²) in [5, 5.41) is 18.7. The van der Waals surface area contributed by atoms with Crippen LogP contribution in [0.1, 0.15) is 214 Å². The predicted octanol–water partition coefficient (Wildman–Crippen LogP) is 18.7. The highest BCUT2D eigenvalue weighted by molar-refractivity contribution is 5.27. The average Bonchev–Trinajstić information content (AvgIpc) is 3.20. The minimum absolute atomic E-state index is 0.385. The van der Waals surface area contributed by atoms with Crippen molar-refractivity contribution in [3.63, 3.8) is 0 Å². The van der Waals surface area contributed by atoms with E-state index in [1.165, 1.54) is 152 Å². The molecule has 2 nitrogen and oxygen atoms in total. The molecule has 0 aliphatic heterocycles. The Morgan fingerprint density at radius 2 is 0.825 bits per heavy atom. The van der Waals surface area contributed by atoms with Crippen molar-refractivity contribution in [2.75, 3.05) is 0 Å². The molecule has 2 rings (SSSR count). The van der Waals surface area contributed by atoms with Gasteiger partial charge in [-0.05, 0) is 126 Å². The van der Waals surface area contributed by atoms with Crippen LogP contribution in [0.2, 0.25) is 0 Å². The Morgan fingerprint density at radius 1 is 0.439 bits per heavy atom. The number of benzene rings is 2. The van der Waals surface area contributed by atoms with Gasteiger partial charge in [0.2, 0.25) is 0 Å². The van der Waals surface area contributed by atoms with E-state index in [-0.39, 0.29) is 0 Å². The minimum atomic E-state index is 0.385. The van der Waals surface area contributed by atoms with Crippen LogP contribution < -0.4 is 0 Å². The van der Waals surface area contributed by atoms with E-state index in [1.807, 2.05) is 38.1 Å². The smallest absolute Gasteiger partial charge is 0.115 e. The standard InChI is InChI=1S/C22H36O.C13H20O.C12H22.C5H10.C3H6/c1-2-3-4-5-6-7-8-9-10-11-12-13-14-15-17-21-18-16-19-22(23)20-21;1-2-3-4-5-6-8-12-9-7-10-13(14)11-12;1-3-5-7-9-11-12-10-8-6-4-2;1-3-5-4-2;1-3-2/h7-8,16,18-20,23H,2-6,9-15,17H2,1H3;7,9-11,14H,2-6,8H2,1H3;7,9-10,12H,3-6,8,11H2,1-2H3;3,5H,4H2,1-2H3;3H,1H2,2H3/b8-7+;;9-7+,12-10+;5-3-;. The molecule has 0 bridgehead atoms. The summed E-state index contributed by atoms with van der Waals surface area (Å²) in [7, 11) is 0. The molecule has 57 heavy (non-hydrogen) atoms. The zero-order valence-corrected chi connectivity index (χ0v) is 38.8. The summed E-state index contributed by atoms with van der Waals surface area (Å²) in [5.74, 6) is 0.775. The van der Waals surface area contributed by atoms with Gasteiger partial charge in [0.1, 0.15) is 11.5 Å². The summed E-state index contributed by atoms with van der Waals surface area (Å²) in [4.78, 5) is 0. The van der Waals surface area contributed by atoms with Gasteiger partial charge in [-0.25, -0.2) is 0 Å². The third-order valence-electron chi connectivity index (χ3n) is 9.12. The number of phenolic OH excluding ortho intramolecular Hbond substituents is 2. The maximum atomic E-state index is 9.42. The first-order chi connectivity index (χ1) is 27.9. The first kappa shape index (κ1) is 58.1. The van der Waals surface area contributed by atoms with Gasteiger partial charge in [-0.2, -0.15) is 0 Å². The second-order valence-corrected chi connectivity index (χ2v) is 15.0. The van der Waals surface area contributed by atoms with Crippen LogP contribution in [0.25, 0.3) is 0 Å². The summed E-state index contributed by atoms with van der Waals surface area (Å²) in [5.41, 5.74) is 2.51. The van der Waals surface area contributed by atoms with E-state index < -0.39 is 0 Å². The highest BCUT2D eigenvalue weighted by atomic mass is 16.3. The molecule has 0 spiro atoms. The van der Waals surface area contributed by atoms with Gasteiger partial charge >= 0.3 is 0 Å². The van der Waals surface area contributed by atoms with Crippen molar-refractivity contribution in [2.45, 2.75) is 215 Å². The first-order valence-electron chi connectivity index (χ1n) is 23.6. The number of rotatable bonds is 28. The molecule has 0 fully saturated rings. The van der Waals surface area contributed by atoms with E-state index in [9.17, 15) is 10.2 Å². The van der Waals surface area contributed by atoms with Crippen molar-refractivity contribution in [3.05, 3.63) is 121 Å². The van der Waals surface area contributed by atoms with Gasteiger partial charge in [0.25, 0.3) is 0 Å². The normalized spacial score (nSPS) is 10.7. The summed E-state index contributed by atoms with van der Waals surface area (Å²) in [6, 6.07) is 15.2. The molecular weight excluding hydrogens is 693 g/mol. The van der Waals surface area contributed by atoms with E-state index in [1.54, 1.807) is 18.2 Å². The van der Waals surface area contributed by atoms with E-state index in [0.717, 1.165) is 25.7 Å². The first-order valence-corrected chi connectivity index (χ1v) is 23.6. The molecule has 0 aromatic heterocycles. The Bertz CT molecular complexity index is 1170. The molecule has 2 aromatic rings. The van der Waals surface area contributed by atoms with Gasteiger partial charge in [0, 0.05) is 0 Å². The largest absolute Gasteiger partial charge is 0.508 e. The molecule has 2 aromatic carbocycles.